The Morgan fingerprint density at radius 2 is 1.95 bits per heavy atom. The minimum absolute atomic E-state index is 0.0117. The zero-order valence-electron chi connectivity index (χ0n) is 10.9. The average molecular weight is 331 g/mol. The second-order valence-electron chi connectivity index (χ2n) is 4.91. The molecular weight excluding hydrogens is 316 g/mol. The highest BCUT2D eigenvalue weighted by molar-refractivity contribution is 9.10. The maximum Gasteiger partial charge on any atom is 0.241 e. The van der Waals surface area contributed by atoms with Gasteiger partial charge in [0.25, 0.3) is 0 Å². The summed E-state index contributed by atoms with van der Waals surface area (Å²) in [6.07, 6.45) is 0.732. The van der Waals surface area contributed by atoms with Gasteiger partial charge in [-0.2, -0.15) is 0 Å². The van der Waals surface area contributed by atoms with Gasteiger partial charge in [0.05, 0.1) is 6.04 Å². The van der Waals surface area contributed by atoms with E-state index in [1.807, 2.05) is 36.4 Å². The molecule has 0 saturated heterocycles. The molecule has 20 heavy (non-hydrogen) atoms. The zero-order valence-corrected chi connectivity index (χ0v) is 12.5. The molecule has 2 aromatic carbocycles. The molecule has 0 saturated carbocycles. The molecule has 1 aliphatic heterocycles. The normalized spacial score (nSPS) is 17.4. The molecule has 1 aliphatic rings. The van der Waals surface area contributed by atoms with Crippen LogP contribution >= 0.6 is 15.9 Å². The largest absolute Gasteiger partial charge is 0.325 e. The van der Waals surface area contributed by atoms with E-state index >= 15 is 0 Å². The molecule has 0 fully saturated rings. The van der Waals surface area contributed by atoms with Gasteiger partial charge in [0.1, 0.15) is 0 Å². The van der Waals surface area contributed by atoms with Crippen LogP contribution in [-0.4, -0.2) is 11.9 Å². The number of carbonyl (C=O) groups excluding carboxylic acids is 1. The highest BCUT2D eigenvalue weighted by Crippen LogP contribution is 2.19. The van der Waals surface area contributed by atoms with Crippen molar-refractivity contribution >= 4 is 27.5 Å². The second-order valence-corrected chi connectivity index (χ2v) is 5.82. The first kappa shape index (κ1) is 13.3. The van der Waals surface area contributed by atoms with Crippen LogP contribution in [0.4, 0.5) is 5.69 Å². The molecule has 1 amide bonds. The molecule has 2 aromatic rings. The summed E-state index contributed by atoms with van der Waals surface area (Å²) in [7, 11) is 0. The van der Waals surface area contributed by atoms with Crippen molar-refractivity contribution in [2.75, 3.05) is 5.32 Å². The van der Waals surface area contributed by atoms with Crippen LogP contribution in [0.15, 0.2) is 53.0 Å². The molecule has 4 heteroatoms. The molecule has 0 bridgehead atoms. The molecule has 2 N–H and O–H groups in total. The number of rotatable bonds is 2. The van der Waals surface area contributed by atoms with Crippen LogP contribution in [0.25, 0.3) is 0 Å². The lowest BCUT2D eigenvalue weighted by Crippen LogP contribution is -2.44. The van der Waals surface area contributed by atoms with E-state index in [4.69, 9.17) is 0 Å². The van der Waals surface area contributed by atoms with E-state index in [2.05, 4.69) is 38.7 Å². The van der Waals surface area contributed by atoms with E-state index in [-0.39, 0.29) is 11.9 Å². The number of amides is 1. The molecule has 0 spiro atoms. The Balaban J connectivity index is 1.70. The summed E-state index contributed by atoms with van der Waals surface area (Å²) < 4.78 is 0.956. The van der Waals surface area contributed by atoms with Crippen molar-refractivity contribution in [3.05, 3.63) is 64.1 Å². The summed E-state index contributed by atoms with van der Waals surface area (Å²) in [4.78, 5) is 12.3. The molecule has 3 rings (SSSR count). The summed E-state index contributed by atoms with van der Waals surface area (Å²) in [5.41, 5.74) is 3.34. The Kier molecular flexibility index (Phi) is 3.85. The van der Waals surface area contributed by atoms with Crippen molar-refractivity contribution in [3.63, 3.8) is 0 Å². The zero-order chi connectivity index (χ0) is 13.9. The number of benzene rings is 2. The SMILES string of the molecule is O=C(Nc1cccc(Br)c1)[C@@H]1Cc2ccccc2CN1. The van der Waals surface area contributed by atoms with Gasteiger partial charge in [0, 0.05) is 16.7 Å². The topological polar surface area (TPSA) is 41.1 Å². The Bertz CT molecular complexity index is 642. The summed E-state index contributed by atoms with van der Waals surface area (Å²) in [5.74, 6) is 0.0117. The first-order chi connectivity index (χ1) is 9.72. The van der Waals surface area contributed by atoms with Crippen LogP contribution in [0.1, 0.15) is 11.1 Å². The third kappa shape index (κ3) is 2.92. The monoisotopic (exact) mass is 330 g/mol. The fraction of sp³-hybridized carbons (Fsp3) is 0.188. The number of hydrogen-bond acceptors (Lipinski definition) is 2. The van der Waals surface area contributed by atoms with Gasteiger partial charge in [-0.3, -0.25) is 4.79 Å². The van der Waals surface area contributed by atoms with E-state index < -0.39 is 0 Å². The van der Waals surface area contributed by atoms with Crippen molar-refractivity contribution < 1.29 is 4.79 Å². The summed E-state index contributed by atoms with van der Waals surface area (Å²) >= 11 is 3.40. The number of anilines is 1. The van der Waals surface area contributed by atoms with Crippen LogP contribution in [0, 0.1) is 0 Å². The smallest absolute Gasteiger partial charge is 0.241 e. The Morgan fingerprint density at radius 1 is 1.15 bits per heavy atom. The van der Waals surface area contributed by atoms with E-state index in [0.29, 0.717) is 0 Å². The van der Waals surface area contributed by atoms with Gasteiger partial charge in [-0.05, 0) is 35.7 Å². The molecule has 102 valence electrons. The maximum absolute atomic E-state index is 12.3. The molecule has 1 atom stereocenters. The van der Waals surface area contributed by atoms with Crippen molar-refractivity contribution in [2.24, 2.45) is 0 Å². The predicted octanol–water partition coefficient (Wildman–Crippen LogP) is 3.10. The van der Waals surface area contributed by atoms with Crippen LogP contribution in [0.2, 0.25) is 0 Å². The Hall–Kier alpha value is -1.65. The van der Waals surface area contributed by atoms with Gasteiger partial charge in [-0.1, -0.05) is 46.3 Å². The van der Waals surface area contributed by atoms with Gasteiger partial charge in [0.2, 0.25) is 5.91 Å². The van der Waals surface area contributed by atoms with Crippen LogP contribution in [0.5, 0.6) is 0 Å². The first-order valence-electron chi connectivity index (χ1n) is 6.59. The molecule has 1 heterocycles. The number of hydrogen-bond donors (Lipinski definition) is 2. The predicted molar refractivity (Wildman–Crippen MR) is 83.5 cm³/mol. The lowest BCUT2D eigenvalue weighted by molar-refractivity contribution is -0.118. The lowest BCUT2D eigenvalue weighted by Gasteiger charge is -2.25. The Morgan fingerprint density at radius 3 is 2.75 bits per heavy atom. The number of fused-ring (bicyclic) bond motifs is 1. The van der Waals surface area contributed by atoms with Crippen molar-refractivity contribution in [1.82, 2.24) is 5.32 Å². The lowest BCUT2D eigenvalue weighted by atomic mass is 9.95. The second kappa shape index (κ2) is 5.77. The van der Waals surface area contributed by atoms with Gasteiger partial charge in [-0.25, -0.2) is 0 Å². The average Bonchev–Trinajstić information content (AvgIpc) is 2.47. The fourth-order valence-corrected chi connectivity index (χ4v) is 2.83. The molecular formula is C16H15BrN2O. The summed E-state index contributed by atoms with van der Waals surface area (Å²) in [6, 6.07) is 15.7. The molecule has 0 aliphatic carbocycles. The van der Waals surface area contributed by atoms with E-state index in [1.54, 1.807) is 0 Å². The minimum Gasteiger partial charge on any atom is -0.325 e. The van der Waals surface area contributed by atoms with Crippen LogP contribution in [-0.2, 0) is 17.8 Å². The number of nitrogens with one attached hydrogen (secondary N) is 2. The van der Waals surface area contributed by atoms with Crippen molar-refractivity contribution in [2.45, 2.75) is 19.0 Å². The number of carbonyl (C=O) groups is 1. The summed E-state index contributed by atoms with van der Waals surface area (Å²) in [5, 5.41) is 6.24. The van der Waals surface area contributed by atoms with Gasteiger partial charge in [-0.15, -0.1) is 0 Å². The Labute approximate surface area is 126 Å². The number of halogens is 1. The maximum atomic E-state index is 12.3. The molecule has 0 radical (unpaired) electrons. The quantitative estimate of drug-likeness (QED) is 0.888. The minimum atomic E-state index is -0.177. The standard InChI is InChI=1S/C16H15BrN2O/c17-13-6-3-7-14(9-13)19-16(20)15-8-11-4-1-2-5-12(11)10-18-15/h1-7,9,15,18H,8,10H2,(H,19,20)/t15-/m0/s1. The third-order valence-electron chi connectivity index (χ3n) is 3.49. The van der Waals surface area contributed by atoms with E-state index in [1.165, 1.54) is 11.1 Å². The van der Waals surface area contributed by atoms with Crippen LogP contribution in [0.3, 0.4) is 0 Å². The van der Waals surface area contributed by atoms with Crippen molar-refractivity contribution in [1.29, 1.82) is 0 Å². The molecule has 0 unspecified atom stereocenters. The highest BCUT2D eigenvalue weighted by Gasteiger charge is 2.23. The first-order valence-corrected chi connectivity index (χ1v) is 7.38. The van der Waals surface area contributed by atoms with Crippen LogP contribution < -0.4 is 10.6 Å². The van der Waals surface area contributed by atoms with Gasteiger partial charge < -0.3 is 10.6 Å². The molecule has 0 aromatic heterocycles. The van der Waals surface area contributed by atoms with E-state index in [0.717, 1.165) is 23.1 Å². The fourth-order valence-electron chi connectivity index (χ4n) is 2.44. The summed E-state index contributed by atoms with van der Waals surface area (Å²) in [6.45, 7) is 0.743. The molecule has 3 nitrogen and oxygen atoms in total. The highest BCUT2D eigenvalue weighted by atomic mass is 79.9. The third-order valence-corrected chi connectivity index (χ3v) is 3.98. The van der Waals surface area contributed by atoms with Gasteiger partial charge >= 0.3 is 0 Å². The van der Waals surface area contributed by atoms with Gasteiger partial charge in [0.15, 0.2) is 0 Å². The van der Waals surface area contributed by atoms with E-state index in [9.17, 15) is 4.79 Å². The van der Waals surface area contributed by atoms with Crippen molar-refractivity contribution in [3.8, 4) is 0 Å².